The fourth-order valence-electron chi connectivity index (χ4n) is 4.77. The van der Waals surface area contributed by atoms with E-state index >= 15 is 0 Å². The highest BCUT2D eigenvalue weighted by molar-refractivity contribution is 7.91. The summed E-state index contributed by atoms with van der Waals surface area (Å²) in [5.74, 6) is -0.444. The predicted molar refractivity (Wildman–Crippen MR) is 156 cm³/mol. The zero-order chi connectivity index (χ0) is 29.4. The fraction of sp³-hybridized carbons (Fsp3) is 0.429. The largest absolute Gasteiger partial charge is 0.354 e. The van der Waals surface area contributed by atoms with Crippen molar-refractivity contribution < 1.29 is 18.0 Å². The maximum Gasteiger partial charge on any atom is 0.275 e. The van der Waals surface area contributed by atoms with Gasteiger partial charge < -0.3 is 25.1 Å². The summed E-state index contributed by atoms with van der Waals surface area (Å²) in [5.41, 5.74) is 1.69. The van der Waals surface area contributed by atoms with E-state index in [1.807, 2.05) is 0 Å². The van der Waals surface area contributed by atoms with E-state index in [9.17, 15) is 22.8 Å². The van der Waals surface area contributed by atoms with Gasteiger partial charge in [0.25, 0.3) is 5.56 Å². The third kappa shape index (κ3) is 8.51. The molecule has 0 aliphatic carbocycles. The van der Waals surface area contributed by atoms with Crippen LogP contribution in [0.25, 0.3) is 0 Å². The van der Waals surface area contributed by atoms with Crippen molar-refractivity contribution in [2.75, 3.05) is 24.4 Å². The molecule has 1 aliphatic heterocycles. The van der Waals surface area contributed by atoms with Gasteiger partial charge in [-0.05, 0) is 63.4 Å². The van der Waals surface area contributed by atoms with E-state index in [1.54, 1.807) is 61.1 Å². The summed E-state index contributed by atoms with van der Waals surface area (Å²) in [6.07, 6.45) is 3.75. The maximum absolute atomic E-state index is 13.1. The van der Waals surface area contributed by atoms with E-state index < -0.39 is 21.5 Å². The molecule has 1 aliphatic rings. The molecule has 41 heavy (non-hydrogen) atoms. The SMILES string of the molecule is Cc1ncn(CC(=O)NCC2CCCNC2)c1CNC(=O)Cn1c(C)ccc(NS(=O)(=O)Cc2ccccc2)c1=O. The second kappa shape index (κ2) is 13.6. The van der Waals surface area contributed by atoms with Gasteiger partial charge in [-0.25, -0.2) is 13.4 Å². The maximum atomic E-state index is 13.1. The lowest BCUT2D eigenvalue weighted by atomic mass is 10.00. The average molecular weight is 584 g/mol. The van der Waals surface area contributed by atoms with Crippen molar-refractivity contribution in [1.82, 2.24) is 30.1 Å². The molecule has 1 fully saturated rings. The number of hydrogen-bond acceptors (Lipinski definition) is 7. The first-order chi connectivity index (χ1) is 19.6. The summed E-state index contributed by atoms with van der Waals surface area (Å²) < 4.78 is 30.6. The van der Waals surface area contributed by atoms with Crippen molar-refractivity contribution in [3.05, 3.63) is 81.8 Å². The van der Waals surface area contributed by atoms with Gasteiger partial charge in [-0.1, -0.05) is 30.3 Å². The van der Waals surface area contributed by atoms with Crippen molar-refractivity contribution >= 4 is 27.5 Å². The number of sulfonamides is 1. The van der Waals surface area contributed by atoms with Gasteiger partial charge >= 0.3 is 0 Å². The molecule has 13 heteroatoms. The molecule has 3 aromatic rings. The van der Waals surface area contributed by atoms with Crippen LogP contribution in [0.5, 0.6) is 0 Å². The first-order valence-electron chi connectivity index (χ1n) is 13.6. The first-order valence-corrected chi connectivity index (χ1v) is 15.3. The Morgan fingerprint density at radius 2 is 1.80 bits per heavy atom. The second-order valence-corrected chi connectivity index (χ2v) is 12.0. The van der Waals surface area contributed by atoms with Crippen LogP contribution < -0.4 is 26.2 Å². The number of nitrogens with one attached hydrogen (secondary N) is 4. The number of anilines is 1. The Morgan fingerprint density at radius 1 is 1.05 bits per heavy atom. The van der Waals surface area contributed by atoms with Crippen LogP contribution in [0.2, 0.25) is 0 Å². The number of amides is 2. The molecule has 3 heterocycles. The third-order valence-electron chi connectivity index (χ3n) is 7.07. The number of aryl methyl sites for hydroxylation is 2. The Labute approximate surface area is 239 Å². The topological polar surface area (TPSA) is 156 Å². The van der Waals surface area contributed by atoms with Crippen LogP contribution in [-0.4, -0.2) is 54.0 Å². The zero-order valence-corrected chi connectivity index (χ0v) is 24.2. The number of pyridine rings is 1. The molecule has 2 amide bonds. The highest BCUT2D eigenvalue weighted by Gasteiger charge is 2.18. The van der Waals surface area contributed by atoms with Gasteiger partial charge in [0.2, 0.25) is 21.8 Å². The zero-order valence-electron chi connectivity index (χ0n) is 23.4. The van der Waals surface area contributed by atoms with Gasteiger partial charge in [0, 0.05) is 12.2 Å². The molecule has 1 unspecified atom stereocenters. The summed E-state index contributed by atoms with van der Waals surface area (Å²) >= 11 is 0. The van der Waals surface area contributed by atoms with E-state index in [0.717, 1.165) is 25.9 Å². The Balaban J connectivity index is 1.35. The van der Waals surface area contributed by atoms with Gasteiger partial charge in [-0.3, -0.25) is 19.1 Å². The Hall–Kier alpha value is -3.97. The van der Waals surface area contributed by atoms with Gasteiger partial charge in [0.15, 0.2) is 0 Å². The van der Waals surface area contributed by atoms with Crippen molar-refractivity contribution in [1.29, 1.82) is 0 Å². The van der Waals surface area contributed by atoms with Gasteiger partial charge in [0.05, 0.1) is 30.0 Å². The van der Waals surface area contributed by atoms with Gasteiger partial charge in [-0.2, -0.15) is 0 Å². The molecule has 1 saturated heterocycles. The van der Waals surface area contributed by atoms with Crippen LogP contribution in [0.1, 0.15) is 35.5 Å². The summed E-state index contributed by atoms with van der Waals surface area (Å²) in [5, 5.41) is 9.10. The lowest BCUT2D eigenvalue weighted by Crippen LogP contribution is -2.39. The number of hydrogen-bond donors (Lipinski definition) is 4. The van der Waals surface area contributed by atoms with Crippen molar-refractivity contribution in [2.24, 2.45) is 5.92 Å². The molecule has 2 aromatic heterocycles. The minimum Gasteiger partial charge on any atom is -0.354 e. The summed E-state index contributed by atoms with van der Waals surface area (Å²) in [6.45, 7) is 5.87. The monoisotopic (exact) mass is 583 g/mol. The molecular weight excluding hydrogens is 546 g/mol. The van der Waals surface area contributed by atoms with Crippen molar-refractivity contribution in [2.45, 2.75) is 52.1 Å². The molecule has 4 rings (SSSR count). The number of piperidine rings is 1. The minimum absolute atomic E-state index is 0.0793. The molecule has 4 N–H and O–H groups in total. The second-order valence-electron chi connectivity index (χ2n) is 10.3. The van der Waals surface area contributed by atoms with E-state index in [0.29, 0.717) is 35.1 Å². The fourth-order valence-corrected chi connectivity index (χ4v) is 5.96. The van der Waals surface area contributed by atoms with Crippen LogP contribution >= 0.6 is 0 Å². The predicted octanol–water partition coefficient (Wildman–Crippen LogP) is 1.04. The highest BCUT2D eigenvalue weighted by atomic mass is 32.2. The highest BCUT2D eigenvalue weighted by Crippen LogP contribution is 2.12. The number of imidazole rings is 1. The summed E-state index contributed by atoms with van der Waals surface area (Å²) in [4.78, 5) is 42.8. The number of carbonyl (C=O) groups excluding carboxylic acids is 2. The van der Waals surface area contributed by atoms with Crippen LogP contribution in [0.4, 0.5) is 5.69 Å². The molecule has 12 nitrogen and oxygen atoms in total. The molecule has 0 spiro atoms. The molecule has 1 atom stereocenters. The number of benzene rings is 1. The molecule has 0 bridgehead atoms. The standard InChI is InChI=1S/C28H37N7O5S/c1-20-10-11-24(33-41(39,40)18-22-7-4-3-5-8-22)28(38)35(20)17-27(37)31-15-25-21(2)32-19-34(25)16-26(36)30-14-23-9-6-12-29-13-23/h3-5,7-8,10-11,19,23,29,33H,6,9,12-18H2,1-2H3,(H,30,36)(H,31,37). The van der Waals surface area contributed by atoms with Gasteiger partial charge in [-0.15, -0.1) is 0 Å². The van der Waals surface area contributed by atoms with Crippen LogP contribution in [-0.2, 0) is 45.0 Å². The van der Waals surface area contributed by atoms with Crippen LogP contribution in [0, 0.1) is 19.8 Å². The number of aromatic nitrogens is 3. The van der Waals surface area contributed by atoms with Crippen LogP contribution in [0.15, 0.2) is 53.6 Å². The Morgan fingerprint density at radius 3 is 2.54 bits per heavy atom. The molecule has 1 aromatic carbocycles. The third-order valence-corrected chi connectivity index (χ3v) is 8.31. The lowest BCUT2D eigenvalue weighted by Gasteiger charge is -2.23. The van der Waals surface area contributed by atoms with E-state index in [2.05, 4.69) is 25.7 Å². The normalized spacial score (nSPS) is 15.3. The van der Waals surface area contributed by atoms with E-state index in [4.69, 9.17) is 0 Å². The van der Waals surface area contributed by atoms with E-state index in [-0.39, 0.29) is 37.0 Å². The minimum atomic E-state index is -3.85. The molecule has 0 saturated carbocycles. The quantitative estimate of drug-likeness (QED) is 0.248. The summed E-state index contributed by atoms with van der Waals surface area (Å²) in [6, 6.07) is 11.6. The average Bonchev–Trinajstić information content (AvgIpc) is 3.29. The molecule has 220 valence electrons. The van der Waals surface area contributed by atoms with Crippen LogP contribution in [0.3, 0.4) is 0 Å². The lowest BCUT2D eigenvalue weighted by molar-refractivity contribution is -0.122. The van der Waals surface area contributed by atoms with Crippen molar-refractivity contribution in [3.63, 3.8) is 0 Å². The van der Waals surface area contributed by atoms with E-state index in [1.165, 1.54) is 10.6 Å². The number of nitrogens with zero attached hydrogens (tertiary/aromatic N) is 3. The number of carbonyl (C=O) groups is 2. The van der Waals surface area contributed by atoms with Gasteiger partial charge in [0.1, 0.15) is 18.8 Å². The number of rotatable bonds is 12. The first kappa shape index (κ1) is 30.0. The van der Waals surface area contributed by atoms with Crippen molar-refractivity contribution in [3.8, 4) is 0 Å². The smallest absolute Gasteiger partial charge is 0.275 e. The Kier molecular flexibility index (Phi) is 9.95. The Bertz CT molecular complexity index is 1530. The molecule has 0 radical (unpaired) electrons. The summed E-state index contributed by atoms with van der Waals surface area (Å²) in [7, 11) is -3.85. The molecular formula is C28H37N7O5S.